The van der Waals surface area contributed by atoms with Crippen molar-refractivity contribution in [1.82, 2.24) is 9.55 Å². The number of imidazole rings is 1. The summed E-state index contributed by atoms with van der Waals surface area (Å²) in [6.07, 6.45) is 0. The summed E-state index contributed by atoms with van der Waals surface area (Å²) in [6, 6.07) is 0.787. The minimum absolute atomic E-state index is 0.781. The molecule has 3 nitrogen and oxygen atoms in total. The predicted octanol–water partition coefficient (Wildman–Crippen LogP) is 0.892. The molecule has 0 saturated heterocycles. The molecule has 1 aliphatic heterocycles. The van der Waals surface area contributed by atoms with E-state index in [0.29, 0.717) is 0 Å². The molecule has 10 heavy (non-hydrogen) atoms. The third-order valence-corrected chi connectivity index (χ3v) is 1.97. The van der Waals surface area contributed by atoms with Crippen LogP contribution in [0.4, 0.5) is 0 Å². The van der Waals surface area contributed by atoms with Crippen molar-refractivity contribution < 1.29 is 4.74 Å². The van der Waals surface area contributed by atoms with Crippen molar-refractivity contribution in [2.24, 2.45) is 0 Å². The monoisotopic (exact) mass is 138 g/mol. The second kappa shape index (κ2) is 1.75. The number of hydrogen-bond acceptors (Lipinski definition) is 2. The fraction of sp³-hybridized carbons (Fsp3) is 0.571. The normalized spacial score (nSPS) is 15.0. The van der Waals surface area contributed by atoms with Crippen LogP contribution in [0.3, 0.4) is 0 Å². The predicted molar refractivity (Wildman–Crippen MR) is 37.2 cm³/mol. The molecule has 0 saturated carbocycles. The number of hydrogen-bond donors (Lipinski definition) is 0. The molecule has 0 radical (unpaired) electrons. The van der Waals surface area contributed by atoms with Gasteiger partial charge in [-0.1, -0.05) is 0 Å². The molecule has 3 heteroatoms. The van der Waals surface area contributed by atoms with Crippen molar-refractivity contribution in [3.8, 4) is 6.01 Å². The quantitative estimate of drug-likeness (QED) is 0.532. The lowest BCUT2D eigenvalue weighted by molar-refractivity contribution is 0.344. The van der Waals surface area contributed by atoms with Gasteiger partial charge in [0.15, 0.2) is 0 Å². The van der Waals surface area contributed by atoms with Gasteiger partial charge in [0.25, 0.3) is 6.01 Å². The van der Waals surface area contributed by atoms with Gasteiger partial charge >= 0.3 is 0 Å². The Balaban J connectivity index is 2.59. The minimum atomic E-state index is 0.781. The zero-order valence-electron chi connectivity index (χ0n) is 6.22. The molecule has 1 aliphatic rings. The van der Waals surface area contributed by atoms with Crippen LogP contribution in [0.2, 0.25) is 0 Å². The van der Waals surface area contributed by atoms with Gasteiger partial charge in [-0.2, -0.15) is 0 Å². The van der Waals surface area contributed by atoms with E-state index in [9.17, 15) is 0 Å². The first-order valence-electron chi connectivity index (χ1n) is 3.45. The van der Waals surface area contributed by atoms with Crippen LogP contribution in [0.5, 0.6) is 6.01 Å². The van der Waals surface area contributed by atoms with E-state index in [-0.39, 0.29) is 0 Å². The average Bonchev–Trinajstić information content (AvgIpc) is 2.41. The van der Waals surface area contributed by atoms with Crippen molar-refractivity contribution >= 4 is 0 Å². The van der Waals surface area contributed by atoms with Crippen LogP contribution in [-0.2, 0) is 6.54 Å². The van der Waals surface area contributed by atoms with Crippen LogP contribution in [0.1, 0.15) is 11.4 Å². The standard InChI is InChI=1S/C7H10N2O/c1-5-6(2)9-3-4-10-7(9)8-5/h3-4H2,1-2H3. The molecule has 0 bridgehead atoms. The van der Waals surface area contributed by atoms with Gasteiger partial charge < -0.3 is 4.74 Å². The summed E-state index contributed by atoms with van der Waals surface area (Å²) >= 11 is 0. The number of aryl methyl sites for hydroxylation is 1. The SMILES string of the molecule is Cc1nc2n(c1C)CCO2. The molecular formula is C7H10N2O. The molecule has 0 unspecified atom stereocenters. The molecule has 1 aromatic rings. The van der Waals surface area contributed by atoms with E-state index in [1.54, 1.807) is 0 Å². The van der Waals surface area contributed by atoms with Crippen LogP contribution in [0.15, 0.2) is 0 Å². The second-order valence-electron chi connectivity index (χ2n) is 2.57. The highest BCUT2D eigenvalue weighted by Gasteiger charge is 2.16. The third kappa shape index (κ3) is 0.574. The molecule has 0 N–H and O–H groups in total. The number of fused-ring (bicyclic) bond motifs is 1. The van der Waals surface area contributed by atoms with Crippen molar-refractivity contribution in [1.29, 1.82) is 0 Å². The Kier molecular flexibility index (Phi) is 1.01. The highest BCUT2D eigenvalue weighted by Crippen LogP contribution is 2.20. The van der Waals surface area contributed by atoms with Crippen molar-refractivity contribution in [2.75, 3.05) is 6.61 Å². The van der Waals surface area contributed by atoms with Gasteiger partial charge in [0.1, 0.15) is 6.61 Å². The first-order valence-corrected chi connectivity index (χ1v) is 3.45. The Hall–Kier alpha value is -0.990. The highest BCUT2D eigenvalue weighted by atomic mass is 16.5. The zero-order valence-corrected chi connectivity index (χ0v) is 6.22. The summed E-state index contributed by atoms with van der Waals surface area (Å²) in [5.41, 5.74) is 2.31. The van der Waals surface area contributed by atoms with Gasteiger partial charge in [-0.25, -0.2) is 4.98 Å². The Morgan fingerprint density at radius 1 is 1.50 bits per heavy atom. The fourth-order valence-corrected chi connectivity index (χ4v) is 1.23. The summed E-state index contributed by atoms with van der Waals surface area (Å²) in [5.74, 6) is 0. The number of rotatable bonds is 0. The summed E-state index contributed by atoms with van der Waals surface area (Å²) < 4.78 is 7.36. The molecule has 0 aliphatic carbocycles. The van der Waals surface area contributed by atoms with Crippen molar-refractivity contribution in [3.05, 3.63) is 11.4 Å². The lowest BCUT2D eigenvalue weighted by Gasteiger charge is -1.93. The van der Waals surface area contributed by atoms with Gasteiger partial charge in [0.05, 0.1) is 12.2 Å². The maximum Gasteiger partial charge on any atom is 0.296 e. The Bertz CT molecular complexity index is 265. The molecule has 2 heterocycles. The Morgan fingerprint density at radius 2 is 2.30 bits per heavy atom. The van der Waals surface area contributed by atoms with Gasteiger partial charge in [0, 0.05) is 5.69 Å². The summed E-state index contributed by atoms with van der Waals surface area (Å²) in [4.78, 5) is 4.23. The number of nitrogens with zero attached hydrogens (tertiary/aromatic N) is 2. The number of ether oxygens (including phenoxy) is 1. The lowest BCUT2D eigenvalue weighted by atomic mass is 10.4. The van der Waals surface area contributed by atoms with E-state index in [4.69, 9.17) is 4.74 Å². The van der Waals surface area contributed by atoms with Crippen molar-refractivity contribution in [2.45, 2.75) is 20.4 Å². The van der Waals surface area contributed by atoms with Gasteiger partial charge in [-0.15, -0.1) is 0 Å². The van der Waals surface area contributed by atoms with E-state index < -0.39 is 0 Å². The third-order valence-electron chi connectivity index (χ3n) is 1.97. The van der Waals surface area contributed by atoms with E-state index in [2.05, 4.69) is 16.5 Å². The molecule has 0 aromatic carbocycles. The average molecular weight is 138 g/mol. The first-order chi connectivity index (χ1) is 4.79. The highest BCUT2D eigenvalue weighted by molar-refractivity contribution is 5.19. The minimum Gasteiger partial charge on any atom is -0.463 e. The Labute approximate surface area is 59.6 Å². The maximum absolute atomic E-state index is 5.25. The molecule has 0 fully saturated rings. The number of aromatic nitrogens is 2. The molecule has 54 valence electrons. The summed E-state index contributed by atoms with van der Waals surface area (Å²) in [7, 11) is 0. The molecule has 0 spiro atoms. The van der Waals surface area contributed by atoms with Gasteiger partial charge in [-0.3, -0.25) is 4.57 Å². The molecule has 0 amide bonds. The smallest absolute Gasteiger partial charge is 0.296 e. The topological polar surface area (TPSA) is 27.1 Å². The molecule has 0 atom stereocenters. The van der Waals surface area contributed by atoms with E-state index in [0.717, 1.165) is 24.9 Å². The van der Waals surface area contributed by atoms with Gasteiger partial charge in [-0.05, 0) is 13.8 Å². The maximum atomic E-state index is 5.25. The van der Waals surface area contributed by atoms with Crippen LogP contribution in [-0.4, -0.2) is 16.2 Å². The lowest BCUT2D eigenvalue weighted by Crippen LogP contribution is -1.96. The second-order valence-corrected chi connectivity index (χ2v) is 2.57. The van der Waals surface area contributed by atoms with Crippen LogP contribution < -0.4 is 4.74 Å². The largest absolute Gasteiger partial charge is 0.463 e. The Morgan fingerprint density at radius 3 is 3.00 bits per heavy atom. The van der Waals surface area contributed by atoms with E-state index in [1.165, 1.54) is 5.69 Å². The summed E-state index contributed by atoms with van der Waals surface area (Å²) in [6.45, 7) is 5.82. The fourth-order valence-electron chi connectivity index (χ4n) is 1.23. The zero-order chi connectivity index (χ0) is 7.14. The molecular weight excluding hydrogens is 128 g/mol. The molecule has 2 rings (SSSR count). The van der Waals surface area contributed by atoms with Crippen LogP contribution in [0.25, 0.3) is 0 Å². The van der Waals surface area contributed by atoms with E-state index in [1.807, 2.05) is 6.92 Å². The van der Waals surface area contributed by atoms with Crippen LogP contribution in [0, 0.1) is 13.8 Å². The van der Waals surface area contributed by atoms with E-state index >= 15 is 0 Å². The first kappa shape index (κ1) is 5.77. The summed E-state index contributed by atoms with van der Waals surface area (Å²) in [5, 5.41) is 0. The van der Waals surface area contributed by atoms with Crippen molar-refractivity contribution in [3.63, 3.8) is 0 Å². The molecule has 1 aromatic heterocycles. The van der Waals surface area contributed by atoms with Crippen LogP contribution >= 0.6 is 0 Å². The van der Waals surface area contributed by atoms with Gasteiger partial charge in [0.2, 0.25) is 0 Å².